The average Bonchev–Trinajstić information content (AvgIpc) is 3.16. The Morgan fingerprint density at radius 1 is 1.33 bits per heavy atom. The Balaban J connectivity index is 2.00. The first-order valence-corrected chi connectivity index (χ1v) is 7.02. The van der Waals surface area contributed by atoms with E-state index >= 15 is 0 Å². The van der Waals surface area contributed by atoms with Gasteiger partial charge < -0.3 is 10.1 Å². The van der Waals surface area contributed by atoms with Gasteiger partial charge in [-0.15, -0.1) is 0 Å². The maximum Gasteiger partial charge on any atom is 0.122 e. The first kappa shape index (κ1) is 13.4. The second kappa shape index (κ2) is 5.75. The predicted octanol–water partition coefficient (Wildman–Crippen LogP) is 3.50. The molecule has 0 radical (unpaired) electrons. The first-order valence-electron chi connectivity index (χ1n) is 7.02. The molecule has 2 heteroatoms. The highest BCUT2D eigenvalue weighted by Crippen LogP contribution is 2.33. The maximum absolute atomic E-state index is 6.02. The molecule has 1 aromatic rings. The van der Waals surface area contributed by atoms with Crippen LogP contribution in [0.2, 0.25) is 0 Å². The quantitative estimate of drug-likeness (QED) is 0.830. The zero-order valence-corrected chi connectivity index (χ0v) is 12.0. The summed E-state index contributed by atoms with van der Waals surface area (Å²) in [6.07, 6.45) is 2.69. The standard InChI is InChI=1S/C16H25NO/c1-11(2)14-6-5-12(3)16(9-14)18-10-15(17-4)13-7-8-13/h5-6,9,11,13,15,17H,7-8,10H2,1-4H3. The highest BCUT2D eigenvalue weighted by atomic mass is 16.5. The van der Waals surface area contributed by atoms with Gasteiger partial charge in [-0.1, -0.05) is 26.0 Å². The predicted molar refractivity (Wildman–Crippen MR) is 76.3 cm³/mol. The first-order chi connectivity index (χ1) is 8.61. The Morgan fingerprint density at radius 2 is 2.06 bits per heavy atom. The molecule has 1 aromatic carbocycles. The molecule has 0 bridgehead atoms. The van der Waals surface area contributed by atoms with E-state index in [9.17, 15) is 0 Å². The summed E-state index contributed by atoms with van der Waals surface area (Å²) in [6.45, 7) is 7.33. The van der Waals surface area contributed by atoms with Gasteiger partial charge in [-0.2, -0.15) is 0 Å². The van der Waals surface area contributed by atoms with Crippen molar-refractivity contribution >= 4 is 0 Å². The van der Waals surface area contributed by atoms with E-state index in [2.05, 4.69) is 44.3 Å². The zero-order chi connectivity index (χ0) is 13.1. The second-order valence-electron chi connectivity index (χ2n) is 5.72. The molecule has 0 spiro atoms. The van der Waals surface area contributed by atoms with Crippen LogP contribution in [0.3, 0.4) is 0 Å². The molecule has 1 unspecified atom stereocenters. The van der Waals surface area contributed by atoms with E-state index in [0.29, 0.717) is 12.0 Å². The van der Waals surface area contributed by atoms with E-state index in [4.69, 9.17) is 4.74 Å². The van der Waals surface area contributed by atoms with Crippen molar-refractivity contribution in [2.24, 2.45) is 5.92 Å². The number of aryl methyl sites for hydroxylation is 1. The van der Waals surface area contributed by atoms with Crippen LogP contribution < -0.4 is 10.1 Å². The number of benzene rings is 1. The van der Waals surface area contributed by atoms with Crippen LogP contribution in [-0.2, 0) is 0 Å². The van der Waals surface area contributed by atoms with E-state index in [1.165, 1.54) is 24.0 Å². The Morgan fingerprint density at radius 3 is 2.61 bits per heavy atom. The van der Waals surface area contributed by atoms with Gasteiger partial charge in [-0.3, -0.25) is 0 Å². The molecular formula is C16H25NO. The van der Waals surface area contributed by atoms with Crippen molar-refractivity contribution in [1.29, 1.82) is 0 Å². The fraction of sp³-hybridized carbons (Fsp3) is 0.625. The van der Waals surface area contributed by atoms with Crippen LogP contribution >= 0.6 is 0 Å². The van der Waals surface area contributed by atoms with Crippen LogP contribution in [0.1, 0.15) is 43.7 Å². The summed E-state index contributed by atoms with van der Waals surface area (Å²) in [6, 6.07) is 7.06. The molecule has 0 aliphatic heterocycles. The molecule has 1 N–H and O–H groups in total. The minimum atomic E-state index is 0.507. The van der Waals surface area contributed by atoms with Crippen LogP contribution in [0.15, 0.2) is 18.2 Å². The molecule has 100 valence electrons. The van der Waals surface area contributed by atoms with Crippen LogP contribution in [0.4, 0.5) is 0 Å². The van der Waals surface area contributed by atoms with Crippen LogP contribution in [0, 0.1) is 12.8 Å². The molecule has 1 aliphatic carbocycles. The number of rotatable bonds is 6. The molecule has 2 nitrogen and oxygen atoms in total. The van der Waals surface area contributed by atoms with Crippen molar-refractivity contribution in [2.75, 3.05) is 13.7 Å². The topological polar surface area (TPSA) is 21.3 Å². The molecule has 0 amide bonds. The van der Waals surface area contributed by atoms with Gasteiger partial charge in [-0.05, 0) is 55.8 Å². The van der Waals surface area contributed by atoms with Gasteiger partial charge in [0.2, 0.25) is 0 Å². The van der Waals surface area contributed by atoms with Crippen molar-refractivity contribution in [3.63, 3.8) is 0 Å². The lowest BCUT2D eigenvalue weighted by Gasteiger charge is -2.18. The Hall–Kier alpha value is -1.02. The number of likely N-dealkylation sites (N-methyl/N-ethyl adjacent to an activating group) is 1. The van der Waals surface area contributed by atoms with Crippen molar-refractivity contribution in [3.05, 3.63) is 29.3 Å². The zero-order valence-electron chi connectivity index (χ0n) is 12.0. The summed E-state index contributed by atoms with van der Waals surface area (Å²) in [7, 11) is 2.03. The van der Waals surface area contributed by atoms with Gasteiger partial charge >= 0.3 is 0 Å². The highest BCUT2D eigenvalue weighted by molar-refractivity contribution is 5.37. The molecule has 1 saturated carbocycles. The lowest BCUT2D eigenvalue weighted by molar-refractivity contribution is 0.255. The number of nitrogens with one attached hydrogen (secondary N) is 1. The molecule has 0 aromatic heterocycles. The van der Waals surface area contributed by atoms with Crippen LogP contribution in [0.25, 0.3) is 0 Å². The summed E-state index contributed by atoms with van der Waals surface area (Å²) >= 11 is 0. The fourth-order valence-electron chi connectivity index (χ4n) is 2.26. The van der Waals surface area contributed by atoms with Crippen LogP contribution in [-0.4, -0.2) is 19.7 Å². The van der Waals surface area contributed by atoms with E-state index in [0.717, 1.165) is 18.3 Å². The molecule has 2 rings (SSSR count). The van der Waals surface area contributed by atoms with Crippen molar-refractivity contribution < 1.29 is 4.74 Å². The number of hydrogen-bond acceptors (Lipinski definition) is 2. The van der Waals surface area contributed by atoms with Crippen molar-refractivity contribution in [1.82, 2.24) is 5.32 Å². The molecule has 0 saturated heterocycles. The molecule has 1 atom stereocenters. The average molecular weight is 247 g/mol. The highest BCUT2D eigenvalue weighted by Gasteiger charge is 2.30. The lowest BCUT2D eigenvalue weighted by atomic mass is 10.0. The van der Waals surface area contributed by atoms with Gasteiger partial charge in [0.25, 0.3) is 0 Å². The fourth-order valence-corrected chi connectivity index (χ4v) is 2.26. The minimum absolute atomic E-state index is 0.507. The summed E-state index contributed by atoms with van der Waals surface area (Å²) < 4.78 is 6.02. The van der Waals surface area contributed by atoms with Gasteiger partial charge in [0.15, 0.2) is 0 Å². The van der Waals surface area contributed by atoms with Gasteiger partial charge in [0, 0.05) is 6.04 Å². The van der Waals surface area contributed by atoms with E-state index in [1.807, 2.05) is 7.05 Å². The third-order valence-corrected chi connectivity index (χ3v) is 3.86. The monoisotopic (exact) mass is 247 g/mol. The number of hydrogen-bond donors (Lipinski definition) is 1. The van der Waals surface area contributed by atoms with Gasteiger partial charge in [0.1, 0.15) is 12.4 Å². The third-order valence-electron chi connectivity index (χ3n) is 3.86. The van der Waals surface area contributed by atoms with E-state index in [-0.39, 0.29) is 0 Å². The summed E-state index contributed by atoms with van der Waals surface area (Å²) in [5.74, 6) is 2.42. The summed E-state index contributed by atoms with van der Waals surface area (Å²) in [4.78, 5) is 0. The van der Waals surface area contributed by atoms with Gasteiger partial charge in [0.05, 0.1) is 0 Å². The van der Waals surface area contributed by atoms with E-state index in [1.54, 1.807) is 0 Å². The van der Waals surface area contributed by atoms with E-state index < -0.39 is 0 Å². The molecule has 0 heterocycles. The Labute approximate surface area is 111 Å². The lowest BCUT2D eigenvalue weighted by Crippen LogP contribution is -2.33. The smallest absolute Gasteiger partial charge is 0.122 e. The Bertz CT molecular complexity index is 396. The van der Waals surface area contributed by atoms with Crippen molar-refractivity contribution in [2.45, 2.75) is 45.6 Å². The molecule has 18 heavy (non-hydrogen) atoms. The summed E-state index contributed by atoms with van der Waals surface area (Å²) in [5, 5.41) is 3.37. The second-order valence-corrected chi connectivity index (χ2v) is 5.72. The minimum Gasteiger partial charge on any atom is -0.492 e. The van der Waals surface area contributed by atoms with Crippen LogP contribution in [0.5, 0.6) is 5.75 Å². The molecule has 1 fully saturated rings. The largest absolute Gasteiger partial charge is 0.492 e. The summed E-state index contributed by atoms with van der Waals surface area (Å²) in [5.41, 5.74) is 2.58. The Kier molecular flexibility index (Phi) is 4.28. The molecular weight excluding hydrogens is 222 g/mol. The molecule has 1 aliphatic rings. The third kappa shape index (κ3) is 3.26. The number of ether oxygens (including phenoxy) is 1. The van der Waals surface area contributed by atoms with Gasteiger partial charge in [-0.25, -0.2) is 0 Å². The SMILES string of the molecule is CNC(COc1cc(C(C)C)ccc1C)C1CC1. The normalized spacial score (nSPS) is 16.9. The maximum atomic E-state index is 6.02. The van der Waals surface area contributed by atoms with Crippen molar-refractivity contribution in [3.8, 4) is 5.75 Å².